The Morgan fingerprint density at radius 1 is 1.29 bits per heavy atom. The minimum atomic E-state index is -0.706. The predicted octanol–water partition coefficient (Wildman–Crippen LogP) is 4.40. The van der Waals surface area contributed by atoms with E-state index in [1.165, 1.54) is 6.07 Å². The minimum Gasteiger partial charge on any atom is -0.316 e. The molecule has 0 aliphatic rings. The fourth-order valence-electron chi connectivity index (χ4n) is 1.63. The van der Waals surface area contributed by atoms with Crippen LogP contribution in [0.25, 0.3) is 0 Å². The van der Waals surface area contributed by atoms with Crippen molar-refractivity contribution in [1.82, 2.24) is 0 Å². The Hall–Kier alpha value is -1.99. The van der Waals surface area contributed by atoms with Gasteiger partial charge < -0.3 is 5.32 Å². The normalized spacial score (nSPS) is 10.2. The lowest BCUT2D eigenvalue weighted by molar-refractivity contribution is -0.384. The summed E-state index contributed by atoms with van der Waals surface area (Å²) in [4.78, 5) is 22.3. The topological polar surface area (TPSA) is 72.2 Å². The molecule has 0 atom stereocenters. The monoisotopic (exact) mass is 372 g/mol. The Morgan fingerprint density at radius 2 is 2.00 bits per heavy atom. The van der Waals surface area contributed by atoms with E-state index in [0.717, 1.165) is 18.2 Å². The molecule has 0 heterocycles. The van der Waals surface area contributed by atoms with Gasteiger partial charge in [0.2, 0.25) is 0 Å². The van der Waals surface area contributed by atoms with Crippen LogP contribution < -0.4 is 5.32 Å². The van der Waals surface area contributed by atoms with Gasteiger partial charge in [0.15, 0.2) is 0 Å². The maximum absolute atomic E-state index is 13.2. The van der Waals surface area contributed by atoms with E-state index >= 15 is 0 Å². The van der Waals surface area contributed by atoms with Crippen molar-refractivity contribution in [2.45, 2.75) is 0 Å². The van der Waals surface area contributed by atoms with Gasteiger partial charge >= 0.3 is 0 Å². The van der Waals surface area contributed by atoms with Gasteiger partial charge in [-0.25, -0.2) is 4.39 Å². The number of anilines is 1. The van der Waals surface area contributed by atoms with E-state index in [0.29, 0.717) is 9.50 Å². The molecule has 0 fully saturated rings. The van der Waals surface area contributed by atoms with E-state index in [9.17, 15) is 19.3 Å². The summed E-state index contributed by atoms with van der Waals surface area (Å²) >= 11 is 8.98. The number of nitro groups is 1. The Bertz CT molecular complexity index is 739. The summed E-state index contributed by atoms with van der Waals surface area (Å²) in [6.45, 7) is 0. The summed E-state index contributed by atoms with van der Waals surface area (Å²) in [6.07, 6.45) is 0. The van der Waals surface area contributed by atoms with E-state index in [1.807, 2.05) is 0 Å². The molecule has 0 aliphatic carbocycles. The van der Waals surface area contributed by atoms with Crippen molar-refractivity contribution in [1.29, 1.82) is 0 Å². The molecule has 2 aromatic carbocycles. The van der Waals surface area contributed by atoms with E-state index in [4.69, 9.17) is 11.6 Å². The van der Waals surface area contributed by atoms with Crippen LogP contribution in [0.3, 0.4) is 0 Å². The average molecular weight is 374 g/mol. The molecular formula is C13H7BrClFN2O3. The molecule has 21 heavy (non-hydrogen) atoms. The summed E-state index contributed by atoms with van der Waals surface area (Å²) < 4.78 is 13.7. The van der Waals surface area contributed by atoms with Crippen molar-refractivity contribution in [3.05, 3.63) is 67.4 Å². The zero-order valence-electron chi connectivity index (χ0n) is 10.3. The maximum Gasteiger partial charge on any atom is 0.292 e. The summed E-state index contributed by atoms with van der Waals surface area (Å²) in [5, 5.41) is 13.5. The molecule has 108 valence electrons. The first-order valence-electron chi connectivity index (χ1n) is 5.59. The van der Waals surface area contributed by atoms with Crippen molar-refractivity contribution < 1.29 is 14.1 Å². The van der Waals surface area contributed by atoms with Gasteiger partial charge in [-0.2, -0.15) is 0 Å². The number of benzene rings is 2. The third-order valence-electron chi connectivity index (χ3n) is 2.58. The van der Waals surface area contributed by atoms with Crippen molar-refractivity contribution in [2.24, 2.45) is 0 Å². The third kappa shape index (κ3) is 3.56. The molecule has 0 aliphatic heterocycles. The van der Waals surface area contributed by atoms with Crippen LogP contribution in [-0.4, -0.2) is 10.8 Å². The quantitative estimate of drug-likeness (QED) is 0.640. The smallest absolute Gasteiger partial charge is 0.292 e. The minimum absolute atomic E-state index is 0.182. The number of amides is 1. The second-order valence-corrected chi connectivity index (χ2v) is 5.29. The number of nitro benzene ring substituents is 1. The number of hydrogen-bond donors (Lipinski definition) is 1. The number of rotatable bonds is 3. The van der Waals surface area contributed by atoms with E-state index in [2.05, 4.69) is 21.2 Å². The Kier molecular flexibility index (Phi) is 4.54. The van der Waals surface area contributed by atoms with E-state index in [-0.39, 0.29) is 11.3 Å². The van der Waals surface area contributed by atoms with Gasteiger partial charge in [-0.15, -0.1) is 0 Å². The molecule has 0 saturated heterocycles. The van der Waals surface area contributed by atoms with Crippen LogP contribution in [0.2, 0.25) is 5.02 Å². The van der Waals surface area contributed by atoms with Crippen LogP contribution in [0.1, 0.15) is 10.4 Å². The zero-order valence-corrected chi connectivity index (χ0v) is 12.6. The molecule has 2 rings (SSSR count). The number of nitrogens with zero attached hydrogens (tertiary/aromatic N) is 1. The first-order chi connectivity index (χ1) is 9.88. The molecule has 1 amide bonds. The van der Waals surface area contributed by atoms with Crippen LogP contribution in [0.15, 0.2) is 40.9 Å². The second-order valence-electron chi connectivity index (χ2n) is 4.00. The lowest BCUT2D eigenvalue weighted by atomic mass is 10.2. The lowest BCUT2D eigenvalue weighted by Gasteiger charge is -2.08. The highest BCUT2D eigenvalue weighted by Gasteiger charge is 2.18. The van der Waals surface area contributed by atoms with Gasteiger partial charge in [-0.1, -0.05) is 11.6 Å². The van der Waals surface area contributed by atoms with Crippen LogP contribution in [0.4, 0.5) is 15.8 Å². The zero-order chi connectivity index (χ0) is 15.6. The van der Waals surface area contributed by atoms with Gasteiger partial charge in [-0.3, -0.25) is 14.9 Å². The van der Waals surface area contributed by atoms with Gasteiger partial charge in [0.25, 0.3) is 11.6 Å². The molecule has 0 saturated carbocycles. The van der Waals surface area contributed by atoms with Crippen molar-refractivity contribution >= 4 is 44.8 Å². The molecule has 5 nitrogen and oxygen atoms in total. The SMILES string of the molecule is O=C(Nc1cc(F)ccc1[N+](=O)[O-])c1cc(Cl)ccc1Br. The fraction of sp³-hybridized carbons (Fsp3) is 0. The first-order valence-corrected chi connectivity index (χ1v) is 6.76. The number of hydrogen-bond acceptors (Lipinski definition) is 3. The molecule has 1 N–H and O–H groups in total. The lowest BCUT2D eigenvalue weighted by Crippen LogP contribution is -2.14. The standard InChI is InChI=1S/C13H7BrClFN2O3/c14-10-3-1-7(15)5-9(10)13(19)17-11-6-8(16)2-4-12(11)18(20)21/h1-6H,(H,17,19). The van der Waals surface area contributed by atoms with Gasteiger partial charge in [0.1, 0.15) is 11.5 Å². The van der Waals surface area contributed by atoms with Gasteiger partial charge in [0, 0.05) is 21.6 Å². The van der Waals surface area contributed by atoms with Gasteiger partial charge in [-0.05, 0) is 40.2 Å². The first kappa shape index (κ1) is 15.4. The average Bonchev–Trinajstić information content (AvgIpc) is 2.41. The number of nitrogens with one attached hydrogen (secondary N) is 1. The highest BCUT2D eigenvalue weighted by atomic mass is 79.9. The molecule has 0 aromatic heterocycles. The summed E-state index contributed by atoms with van der Waals surface area (Å²) in [7, 11) is 0. The van der Waals surface area contributed by atoms with Crippen molar-refractivity contribution in [3.8, 4) is 0 Å². The Morgan fingerprint density at radius 3 is 2.67 bits per heavy atom. The molecule has 2 aromatic rings. The van der Waals surface area contributed by atoms with Crippen molar-refractivity contribution in [2.75, 3.05) is 5.32 Å². The third-order valence-corrected chi connectivity index (χ3v) is 3.50. The van der Waals surface area contributed by atoms with Gasteiger partial charge in [0.05, 0.1) is 10.5 Å². The van der Waals surface area contributed by atoms with Crippen LogP contribution in [-0.2, 0) is 0 Å². The number of carbonyl (C=O) groups is 1. The number of carbonyl (C=O) groups excluding carboxylic acids is 1. The molecule has 0 radical (unpaired) electrons. The van der Waals surface area contributed by atoms with Crippen LogP contribution in [0.5, 0.6) is 0 Å². The Balaban J connectivity index is 2.38. The molecular weight excluding hydrogens is 367 g/mol. The second kappa shape index (κ2) is 6.19. The summed E-state index contributed by atoms with van der Waals surface area (Å²) in [5.74, 6) is -1.33. The highest BCUT2D eigenvalue weighted by Crippen LogP contribution is 2.27. The summed E-state index contributed by atoms with van der Waals surface area (Å²) in [6, 6.07) is 7.35. The van der Waals surface area contributed by atoms with E-state index in [1.54, 1.807) is 12.1 Å². The Labute approximate surface area is 132 Å². The molecule has 0 bridgehead atoms. The van der Waals surface area contributed by atoms with E-state index < -0.39 is 22.3 Å². The molecule has 0 unspecified atom stereocenters. The molecule has 0 spiro atoms. The van der Waals surface area contributed by atoms with Crippen molar-refractivity contribution in [3.63, 3.8) is 0 Å². The molecule has 8 heteroatoms. The largest absolute Gasteiger partial charge is 0.316 e. The van der Waals surface area contributed by atoms with Crippen LogP contribution >= 0.6 is 27.5 Å². The fourth-order valence-corrected chi connectivity index (χ4v) is 2.23. The summed E-state index contributed by atoms with van der Waals surface area (Å²) in [5.41, 5.74) is -0.444. The predicted molar refractivity (Wildman–Crippen MR) is 80.2 cm³/mol. The van der Waals surface area contributed by atoms with Crippen LogP contribution in [0, 0.1) is 15.9 Å². The number of halogens is 3. The maximum atomic E-state index is 13.2. The highest BCUT2D eigenvalue weighted by molar-refractivity contribution is 9.10.